The van der Waals surface area contributed by atoms with E-state index in [1.165, 1.54) is 25.1 Å². The Bertz CT molecular complexity index is 315. The van der Waals surface area contributed by atoms with E-state index in [2.05, 4.69) is 0 Å². The standard InChI is InChI=1S/C10H9FO/c1-8(12)6-7-9-4-2-3-5-10(9)11/h2-7H,1H3/b7-6+. The van der Waals surface area contributed by atoms with Crippen molar-refractivity contribution in [3.63, 3.8) is 0 Å². The van der Waals surface area contributed by atoms with Crippen molar-refractivity contribution in [3.8, 4) is 0 Å². The molecule has 0 spiro atoms. The summed E-state index contributed by atoms with van der Waals surface area (Å²) >= 11 is 0. The summed E-state index contributed by atoms with van der Waals surface area (Å²) in [5, 5.41) is 0. The number of ketones is 1. The summed E-state index contributed by atoms with van der Waals surface area (Å²) in [7, 11) is 0. The molecule has 0 fully saturated rings. The summed E-state index contributed by atoms with van der Waals surface area (Å²) in [6.45, 7) is 1.43. The van der Waals surface area contributed by atoms with E-state index in [9.17, 15) is 9.18 Å². The van der Waals surface area contributed by atoms with Crippen LogP contribution < -0.4 is 0 Å². The lowest BCUT2D eigenvalue weighted by atomic mass is 10.2. The van der Waals surface area contributed by atoms with E-state index < -0.39 is 0 Å². The summed E-state index contributed by atoms with van der Waals surface area (Å²) < 4.78 is 12.9. The molecule has 1 nitrogen and oxygen atoms in total. The maximum atomic E-state index is 12.9. The Morgan fingerprint density at radius 1 is 1.42 bits per heavy atom. The van der Waals surface area contributed by atoms with Gasteiger partial charge >= 0.3 is 0 Å². The Hall–Kier alpha value is -1.44. The first kappa shape index (κ1) is 8.65. The van der Waals surface area contributed by atoms with Crippen LogP contribution in [0, 0.1) is 5.82 Å². The molecule has 1 rings (SSSR count). The summed E-state index contributed by atoms with van der Waals surface area (Å²) in [6.07, 6.45) is 2.82. The Morgan fingerprint density at radius 2 is 2.08 bits per heavy atom. The van der Waals surface area contributed by atoms with Gasteiger partial charge in [0.05, 0.1) is 0 Å². The maximum Gasteiger partial charge on any atom is 0.152 e. The van der Waals surface area contributed by atoms with Crippen LogP contribution in [0.4, 0.5) is 4.39 Å². The molecule has 1 aromatic rings. The van der Waals surface area contributed by atoms with Gasteiger partial charge in [0.15, 0.2) is 5.78 Å². The summed E-state index contributed by atoms with van der Waals surface area (Å²) in [5.74, 6) is -0.395. The number of halogens is 1. The molecule has 0 aliphatic carbocycles. The van der Waals surface area contributed by atoms with Gasteiger partial charge in [-0.2, -0.15) is 0 Å². The van der Waals surface area contributed by atoms with Gasteiger partial charge in [0.1, 0.15) is 5.82 Å². The fourth-order valence-corrected chi connectivity index (χ4v) is 0.817. The molecule has 0 atom stereocenters. The van der Waals surface area contributed by atoms with Crippen LogP contribution >= 0.6 is 0 Å². The first-order valence-corrected chi connectivity index (χ1v) is 3.63. The molecule has 0 unspecified atom stereocenters. The third-order valence-corrected chi connectivity index (χ3v) is 1.40. The quantitative estimate of drug-likeness (QED) is 0.613. The third-order valence-electron chi connectivity index (χ3n) is 1.40. The van der Waals surface area contributed by atoms with Crippen LogP contribution in [-0.2, 0) is 4.79 Å². The van der Waals surface area contributed by atoms with E-state index in [1.54, 1.807) is 18.2 Å². The Kier molecular flexibility index (Phi) is 2.75. The highest BCUT2D eigenvalue weighted by atomic mass is 19.1. The molecular formula is C10H9FO. The molecular weight excluding hydrogens is 155 g/mol. The molecule has 0 aliphatic rings. The molecule has 0 radical (unpaired) electrons. The van der Waals surface area contributed by atoms with Gasteiger partial charge in [-0.05, 0) is 25.1 Å². The number of allylic oxidation sites excluding steroid dienone is 1. The number of hydrogen-bond donors (Lipinski definition) is 0. The molecule has 0 aliphatic heterocycles. The highest BCUT2D eigenvalue weighted by Gasteiger charge is 1.94. The molecule has 0 N–H and O–H groups in total. The second-order valence-electron chi connectivity index (χ2n) is 2.47. The number of carbonyl (C=O) groups is 1. The summed E-state index contributed by atoms with van der Waals surface area (Å²) in [4.78, 5) is 10.5. The van der Waals surface area contributed by atoms with Gasteiger partial charge in [-0.1, -0.05) is 18.2 Å². The molecule has 0 saturated carbocycles. The van der Waals surface area contributed by atoms with Crippen LogP contribution in [0.25, 0.3) is 6.08 Å². The van der Waals surface area contributed by atoms with E-state index in [0.717, 1.165) is 0 Å². The predicted octanol–water partition coefficient (Wildman–Crippen LogP) is 2.43. The highest BCUT2D eigenvalue weighted by molar-refractivity contribution is 5.91. The minimum Gasteiger partial charge on any atom is -0.295 e. The van der Waals surface area contributed by atoms with Crippen molar-refractivity contribution in [2.24, 2.45) is 0 Å². The molecule has 0 amide bonds. The summed E-state index contributed by atoms with van der Waals surface area (Å²) in [5.41, 5.74) is 0.438. The second-order valence-corrected chi connectivity index (χ2v) is 2.47. The van der Waals surface area contributed by atoms with E-state index in [-0.39, 0.29) is 11.6 Å². The van der Waals surface area contributed by atoms with Crippen LogP contribution in [0.3, 0.4) is 0 Å². The third kappa shape index (κ3) is 2.31. The average molecular weight is 164 g/mol. The normalized spacial score (nSPS) is 10.5. The van der Waals surface area contributed by atoms with E-state index in [4.69, 9.17) is 0 Å². The van der Waals surface area contributed by atoms with E-state index in [0.29, 0.717) is 5.56 Å². The van der Waals surface area contributed by atoms with E-state index >= 15 is 0 Å². The number of carbonyl (C=O) groups excluding carboxylic acids is 1. The van der Waals surface area contributed by atoms with Gasteiger partial charge in [0.2, 0.25) is 0 Å². The van der Waals surface area contributed by atoms with Gasteiger partial charge in [0.25, 0.3) is 0 Å². The fourth-order valence-electron chi connectivity index (χ4n) is 0.817. The molecule has 12 heavy (non-hydrogen) atoms. The molecule has 0 heterocycles. The van der Waals surface area contributed by atoms with Crippen LogP contribution in [0.1, 0.15) is 12.5 Å². The van der Waals surface area contributed by atoms with Crippen molar-refractivity contribution in [2.75, 3.05) is 0 Å². The second kappa shape index (κ2) is 3.81. The predicted molar refractivity (Wildman–Crippen MR) is 46.1 cm³/mol. The monoisotopic (exact) mass is 164 g/mol. The van der Waals surface area contributed by atoms with Crippen molar-refractivity contribution < 1.29 is 9.18 Å². The lowest BCUT2D eigenvalue weighted by molar-refractivity contribution is -0.112. The van der Waals surface area contributed by atoms with E-state index in [1.807, 2.05) is 0 Å². The SMILES string of the molecule is CC(=O)/C=C/c1ccccc1F. The zero-order chi connectivity index (χ0) is 8.97. The topological polar surface area (TPSA) is 17.1 Å². The molecule has 0 bridgehead atoms. The smallest absolute Gasteiger partial charge is 0.152 e. The minimum absolute atomic E-state index is 0.0850. The van der Waals surface area contributed by atoms with Crippen molar-refractivity contribution in [3.05, 3.63) is 41.7 Å². The van der Waals surface area contributed by atoms with Crippen molar-refractivity contribution in [1.29, 1.82) is 0 Å². The molecule has 0 aromatic heterocycles. The number of rotatable bonds is 2. The fraction of sp³-hybridized carbons (Fsp3) is 0.100. The van der Waals surface area contributed by atoms with Crippen molar-refractivity contribution in [2.45, 2.75) is 6.92 Å². The minimum atomic E-state index is -0.310. The number of hydrogen-bond acceptors (Lipinski definition) is 1. The zero-order valence-electron chi connectivity index (χ0n) is 6.75. The van der Waals surface area contributed by atoms with Gasteiger partial charge in [-0.3, -0.25) is 4.79 Å². The Balaban J connectivity index is 2.89. The molecule has 2 heteroatoms. The lowest BCUT2D eigenvalue weighted by Gasteiger charge is -1.93. The average Bonchev–Trinajstić information content (AvgIpc) is 2.03. The van der Waals surface area contributed by atoms with Gasteiger partial charge < -0.3 is 0 Å². The van der Waals surface area contributed by atoms with Crippen LogP contribution in [0.2, 0.25) is 0 Å². The largest absolute Gasteiger partial charge is 0.295 e. The van der Waals surface area contributed by atoms with Gasteiger partial charge in [-0.15, -0.1) is 0 Å². The molecule has 1 aromatic carbocycles. The zero-order valence-corrected chi connectivity index (χ0v) is 6.75. The van der Waals surface area contributed by atoms with Gasteiger partial charge in [0, 0.05) is 5.56 Å². The molecule has 0 saturated heterocycles. The summed E-state index contributed by atoms with van der Waals surface area (Å²) in [6, 6.07) is 6.32. The van der Waals surface area contributed by atoms with Gasteiger partial charge in [-0.25, -0.2) is 4.39 Å². The number of benzene rings is 1. The lowest BCUT2D eigenvalue weighted by Crippen LogP contribution is -1.83. The van der Waals surface area contributed by atoms with Crippen LogP contribution in [0.15, 0.2) is 30.3 Å². The van der Waals surface area contributed by atoms with Crippen molar-refractivity contribution >= 4 is 11.9 Å². The van der Waals surface area contributed by atoms with Crippen molar-refractivity contribution in [1.82, 2.24) is 0 Å². The molecule has 62 valence electrons. The van der Waals surface area contributed by atoms with Crippen LogP contribution in [-0.4, -0.2) is 5.78 Å². The maximum absolute atomic E-state index is 12.9. The first-order chi connectivity index (χ1) is 5.70. The highest BCUT2D eigenvalue weighted by Crippen LogP contribution is 2.07. The first-order valence-electron chi connectivity index (χ1n) is 3.63. The Morgan fingerprint density at radius 3 is 2.67 bits per heavy atom. The Labute approximate surface area is 70.5 Å². The van der Waals surface area contributed by atoms with Crippen LogP contribution in [0.5, 0.6) is 0 Å².